The lowest BCUT2D eigenvalue weighted by Crippen LogP contribution is -2.14. The van der Waals surface area contributed by atoms with Crippen molar-refractivity contribution in [3.05, 3.63) is 46.2 Å². The molecule has 6 nitrogen and oxygen atoms in total. The summed E-state index contributed by atoms with van der Waals surface area (Å²) in [5, 5.41) is 4.07. The van der Waals surface area contributed by atoms with Gasteiger partial charge in [0, 0.05) is 36.1 Å². The van der Waals surface area contributed by atoms with Crippen molar-refractivity contribution in [3.63, 3.8) is 0 Å². The van der Waals surface area contributed by atoms with Gasteiger partial charge in [-0.1, -0.05) is 35.0 Å². The molecule has 24 heavy (non-hydrogen) atoms. The third-order valence-electron chi connectivity index (χ3n) is 2.80. The van der Waals surface area contributed by atoms with Crippen LogP contribution in [0.3, 0.4) is 0 Å². The fraction of sp³-hybridized carbons (Fsp3) is 0.267. The molecule has 1 aromatic heterocycles. The molecule has 0 aliphatic carbocycles. The molecule has 0 spiro atoms. The maximum absolute atomic E-state index is 12.0. The summed E-state index contributed by atoms with van der Waals surface area (Å²) in [4.78, 5) is 20.4. The highest BCUT2D eigenvalue weighted by Crippen LogP contribution is 2.23. The molecule has 0 saturated heterocycles. The first-order valence-electron chi connectivity index (χ1n) is 6.79. The van der Waals surface area contributed by atoms with Gasteiger partial charge in [-0.05, 0) is 24.3 Å². The molecule has 128 valence electrons. The van der Waals surface area contributed by atoms with E-state index in [-0.39, 0.29) is 11.7 Å². The van der Waals surface area contributed by atoms with Crippen LogP contribution >= 0.6 is 35.0 Å². The highest BCUT2D eigenvalue weighted by molar-refractivity contribution is 7.99. The molecule has 0 radical (unpaired) electrons. The summed E-state index contributed by atoms with van der Waals surface area (Å²) in [5.41, 5.74) is 1.12. The van der Waals surface area contributed by atoms with Crippen molar-refractivity contribution in [3.8, 4) is 0 Å². The third kappa shape index (κ3) is 5.61. The van der Waals surface area contributed by atoms with E-state index in [1.165, 1.54) is 26.0 Å². The summed E-state index contributed by atoms with van der Waals surface area (Å²) in [6.07, 6.45) is 1.01. The summed E-state index contributed by atoms with van der Waals surface area (Å²) in [6.45, 7) is 0. The minimum Gasteiger partial charge on any atom is -0.350 e. The molecule has 0 atom stereocenters. The zero-order valence-corrected chi connectivity index (χ0v) is 15.3. The second kappa shape index (κ2) is 9.19. The van der Waals surface area contributed by atoms with Crippen LogP contribution in [0.4, 0.5) is 5.69 Å². The van der Waals surface area contributed by atoms with Gasteiger partial charge < -0.3 is 14.8 Å². The molecule has 0 aliphatic rings. The van der Waals surface area contributed by atoms with Crippen molar-refractivity contribution in [1.82, 2.24) is 9.97 Å². The molecule has 0 saturated carbocycles. The van der Waals surface area contributed by atoms with Crippen molar-refractivity contribution < 1.29 is 14.3 Å². The van der Waals surface area contributed by atoms with Gasteiger partial charge in [0.05, 0.1) is 5.75 Å². The van der Waals surface area contributed by atoms with Crippen LogP contribution in [-0.4, -0.2) is 35.8 Å². The predicted molar refractivity (Wildman–Crippen MR) is 94.6 cm³/mol. The number of thioether (sulfide) groups is 1. The van der Waals surface area contributed by atoms with E-state index in [1.54, 1.807) is 30.5 Å². The molecule has 2 aromatic rings. The number of amides is 1. The number of anilines is 1. The first-order chi connectivity index (χ1) is 11.5. The quantitative estimate of drug-likeness (QED) is 0.442. The molecule has 1 aromatic carbocycles. The largest absolute Gasteiger partial charge is 0.350 e. The number of methoxy groups -OCH3 is 2. The molecule has 2 rings (SSSR count). The number of hydrogen-bond donors (Lipinski definition) is 1. The fourth-order valence-electron chi connectivity index (χ4n) is 1.85. The van der Waals surface area contributed by atoms with Gasteiger partial charge in [-0.3, -0.25) is 4.79 Å². The van der Waals surface area contributed by atoms with Crippen LogP contribution < -0.4 is 5.32 Å². The summed E-state index contributed by atoms with van der Waals surface area (Å²) < 4.78 is 10.3. The number of nitrogens with zero attached hydrogens (tertiary/aromatic N) is 2. The second-order valence-corrected chi connectivity index (χ2v) is 6.38. The van der Waals surface area contributed by atoms with Crippen LogP contribution in [0, 0.1) is 0 Å². The minimum absolute atomic E-state index is 0.137. The number of nitrogens with one attached hydrogen (secondary N) is 1. The summed E-state index contributed by atoms with van der Waals surface area (Å²) >= 11 is 13.0. The molecular formula is C15H15Cl2N3O3S. The van der Waals surface area contributed by atoms with Crippen LogP contribution in [0.1, 0.15) is 12.0 Å². The Kier molecular flexibility index (Phi) is 7.26. The smallest absolute Gasteiger partial charge is 0.234 e. The van der Waals surface area contributed by atoms with Crippen LogP contribution in [0.15, 0.2) is 35.6 Å². The van der Waals surface area contributed by atoms with Gasteiger partial charge >= 0.3 is 0 Å². The van der Waals surface area contributed by atoms with Crippen molar-refractivity contribution in [2.45, 2.75) is 11.4 Å². The molecule has 0 bridgehead atoms. The second-order valence-electron chi connectivity index (χ2n) is 4.56. The van der Waals surface area contributed by atoms with Crippen molar-refractivity contribution in [1.29, 1.82) is 0 Å². The minimum atomic E-state index is -0.574. The molecule has 1 heterocycles. The van der Waals surface area contributed by atoms with Crippen molar-refractivity contribution in [2.75, 3.05) is 25.3 Å². The number of aromatic nitrogens is 2. The molecule has 9 heteroatoms. The zero-order valence-electron chi connectivity index (χ0n) is 13.0. The number of carbonyl (C=O) groups is 1. The summed E-state index contributed by atoms with van der Waals surface area (Å²) in [5.74, 6) is -0.0829. The standard InChI is InChI=1S/C15H15Cl2N3O3S/c1-22-14(23-2)12-3-4-18-15(20-12)24-8-13(21)19-11-6-9(16)5-10(17)7-11/h3-7,14H,8H2,1-2H3,(H,19,21). The van der Waals surface area contributed by atoms with E-state index in [0.29, 0.717) is 26.6 Å². The molecule has 1 N–H and O–H groups in total. The Labute approximate surface area is 153 Å². The average molecular weight is 388 g/mol. The highest BCUT2D eigenvalue weighted by atomic mass is 35.5. The number of hydrogen-bond acceptors (Lipinski definition) is 6. The lowest BCUT2D eigenvalue weighted by Gasteiger charge is -2.12. The van der Waals surface area contributed by atoms with Gasteiger partial charge in [-0.15, -0.1) is 0 Å². The Morgan fingerprint density at radius 2 is 1.92 bits per heavy atom. The van der Waals surface area contributed by atoms with Gasteiger partial charge in [-0.2, -0.15) is 0 Å². The molecule has 0 fully saturated rings. The Balaban J connectivity index is 1.95. The number of rotatable bonds is 7. The van der Waals surface area contributed by atoms with Crippen molar-refractivity contribution >= 4 is 46.6 Å². The van der Waals surface area contributed by atoms with E-state index in [0.717, 1.165) is 0 Å². The van der Waals surface area contributed by atoms with E-state index in [9.17, 15) is 4.79 Å². The predicted octanol–water partition coefficient (Wildman–Crippen LogP) is 3.81. The Hall–Kier alpha value is -1.38. The Bertz CT molecular complexity index is 694. The fourth-order valence-corrected chi connectivity index (χ4v) is 3.01. The van der Waals surface area contributed by atoms with Crippen LogP contribution in [0.5, 0.6) is 0 Å². The van der Waals surface area contributed by atoms with Gasteiger partial charge in [0.1, 0.15) is 5.69 Å². The zero-order chi connectivity index (χ0) is 17.5. The summed E-state index contributed by atoms with van der Waals surface area (Å²) in [6, 6.07) is 6.52. The van der Waals surface area contributed by atoms with Gasteiger partial charge in [0.2, 0.25) is 12.2 Å². The normalized spacial score (nSPS) is 10.9. The molecular weight excluding hydrogens is 373 g/mol. The monoisotopic (exact) mass is 387 g/mol. The van der Waals surface area contributed by atoms with Crippen LogP contribution in [0.25, 0.3) is 0 Å². The van der Waals surface area contributed by atoms with E-state index >= 15 is 0 Å². The number of benzene rings is 1. The lowest BCUT2D eigenvalue weighted by molar-refractivity contribution is -0.113. The summed E-state index contributed by atoms with van der Waals surface area (Å²) in [7, 11) is 3.04. The first-order valence-corrected chi connectivity index (χ1v) is 8.53. The number of carbonyl (C=O) groups excluding carboxylic acids is 1. The van der Waals surface area contributed by atoms with E-state index in [4.69, 9.17) is 32.7 Å². The maximum atomic E-state index is 12.0. The third-order valence-corrected chi connectivity index (χ3v) is 4.10. The number of ether oxygens (including phenoxy) is 2. The van der Waals surface area contributed by atoms with E-state index < -0.39 is 6.29 Å². The molecule has 0 aliphatic heterocycles. The molecule has 1 amide bonds. The van der Waals surface area contributed by atoms with E-state index in [2.05, 4.69) is 15.3 Å². The maximum Gasteiger partial charge on any atom is 0.234 e. The molecule has 0 unspecified atom stereocenters. The lowest BCUT2D eigenvalue weighted by atomic mass is 10.3. The Morgan fingerprint density at radius 3 is 2.54 bits per heavy atom. The van der Waals surface area contributed by atoms with Crippen LogP contribution in [0.2, 0.25) is 10.0 Å². The SMILES string of the molecule is COC(OC)c1ccnc(SCC(=O)Nc2cc(Cl)cc(Cl)c2)n1. The topological polar surface area (TPSA) is 73.3 Å². The van der Waals surface area contributed by atoms with Gasteiger partial charge in [0.15, 0.2) is 5.16 Å². The van der Waals surface area contributed by atoms with Gasteiger partial charge in [0.25, 0.3) is 0 Å². The first kappa shape index (κ1) is 19.0. The van der Waals surface area contributed by atoms with E-state index in [1.807, 2.05) is 0 Å². The highest BCUT2D eigenvalue weighted by Gasteiger charge is 2.13. The van der Waals surface area contributed by atoms with Crippen molar-refractivity contribution in [2.24, 2.45) is 0 Å². The number of halogens is 2. The van der Waals surface area contributed by atoms with Gasteiger partial charge in [-0.25, -0.2) is 9.97 Å². The average Bonchev–Trinajstić information content (AvgIpc) is 2.53. The Morgan fingerprint density at radius 1 is 1.25 bits per heavy atom. The van der Waals surface area contributed by atoms with Crippen LogP contribution in [-0.2, 0) is 14.3 Å².